The van der Waals surface area contributed by atoms with Crippen molar-refractivity contribution in [1.29, 1.82) is 0 Å². The van der Waals surface area contributed by atoms with Gasteiger partial charge in [-0.2, -0.15) is 0 Å². The molecule has 0 spiro atoms. The van der Waals surface area contributed by atoms with Gasteiger partial charge in [-0.05, 0) is 18.9 Å². The molecule has 3 aliphatic heterocycles. The molecule has 0 unspecified atom stereocenters. The van der Waals surface area contributed by atoms with Gasteiger partial charge in [0.05, 0.1) is 5.70 Å². The molecular formula is C16H19N3O. The fourth-order valence-corrected chi connectivity index (χ4v) is 3.73. The highest BCUT2D eigenvalue weighted by Gasteiger charge is 2.35. The van der Waals surface area contributed by atoms with E-state index >= 15 is 0 Å². The van der Waals surface area contributed by atoms with Crippen LogP contribution < -0.4 is 5.32 Å². The Labute approximate surface area is 118 Å². The number of carbonyl (C=O) groups excluding carboxylic acids is 1. The van der Waals surface area contributed by atoms with Crippen LogP contribution in [-0.2, 0) is 4.79 Å². The van der Waals surface area contributed by atoms with Crippen molar-refractivity contribution in [1.82, 2.24) is 10.2 Å². The van der Waals surface area contributed by atoms with Crippen LogP contribution in [-0.4, -0.2) is 23.2 Å². The molecule has 0 aromatic heterocycles. The van der Waals surface area contributed by atoms with E-state index in [1.807, 2.05) is 12.3 Å². The quantitative estimate of drug-likeness (QED) is 0.794. The Hall–Kier alpha value is -1.84. The average Bonchev–Trinajstić information content (AvgIpc) is 2.82. The van der Waals surface area contributed by atoms with Crippen LogP contribution in [0.5, 0.6) is 0 Å². The van der Waals surface area contributed by atoms with Crippen LogP contribution in [0.2, 0.25) is 0 Å². The molecule has 4 nitrogen and oxygen atoms in total. The smallest absolute Gasteiger partial charge is 0.248 e. The monoisotopic (exact) mass is 269 g/mol. The minimum Gasteiger partial charge on any atom is -0.327 e. The topological polar surface area (TPSA) is 44.7 Å². The van der Waals surface area contributed by atoms with Crippen LogP contribution >= 0.6 is 0 Å². The summed E-state index contributed by atoms with van der Waals surface area (Å²) in [5.74, 6) is 1.79. The van der Waals surface area contributed by atoms with Gasteiger partial charge in [-0.25, -0.2) is 4.99 Å². The van der Waals surface area contributed by atoms with Crippen LogP contribution in [0.4, 0.5) is 0 Å². The molecule has 0 saturated heterocycles. The summed E-state index contributed by atoms with van der Waals surface area (Å²) in [4.78, 5) is 18.8. The Bertz CT molecular complexity index is 577. The van der Waals surface area contributed by atoms with Gasteiger partial charge in [-0.3, -0.25) is 4.79 Å². The second-order valence-corrected chi connectivity index (χ2v) is 5.96. The molecule has 0 atom stereocenters. The van der Waals surface area contributed by atoms with Crippen molar-refractivity contribution in [3.8, 4) is 0 Å². The molecule has 3 heterocycles. The van der Waals surface area contributed by atoms with E-state index in [-0.39, 0.29) is 5.91 Å². The van der Waals surface area contributed by atoms with E-state index in [0.29, 0.717) is 5.92 Å². The zero-order chi connectivity index (χ0) is 13.5. The first-order valence-electron chi connectivity index (χ1n) is 7.61. The Balaban J connectivity index is 1.72. The molecule has 4 heteroatoms. The van der Waals surface area contributed by atoms with Gasteiger partial charge >= 0.3 is 0 Å². The number of hydrogen-bond donors (Lipinski definition) is 1. The Morgan fingerprint density at radius 3 is 2.90 bits per heavy atom. The van der Waals surface area contributed by atoms with E-state index in [2.05, 4.69) is 10.2 Å². The largest absolute Gasteiger partial charge is 0.327 e. The normalized spacial score (nSPS) is 26.0. The van der Waals surface area contributed by atoms with Gasteiger partial charge in [-0.15, -0.1) is 0 Å². The number of nitrogens with one attached hydrogen (secondary N) is 1. The summed E-state index contributed by atoms with van der Waals surface area (Å²) in [5, 5.41) is 3.01. The Kier molecular flexibility index (Phi) is 2.76. The van der Waals surface area contributed by atoms with Crippen LogP contribution in [0.15, 0.2) is 40.3 Å². The number of hydrogen-bond acceptors (Lipinski definition) is 3. The summed E-state index contributed by atoms with van der Waals surface area (Å²) in [5.41, 5.74) is 3.31. The molecule has 104 valence electrons. The summed E-state index contributed by atoms with van der Waals surface area (Å²) in [6.07, 6.45) is 12.8. The summed E-state index contributed by atoms with van der Waals surface area (Å²) >= 11 is 0. The molecule has 0 bridgehead atoms. The highest BCUT2D eigenvalue weighted by Crippen LogP contribution is 2.37. The van der Waals surface area contributed by atoms with Crippen molar-refractivity contribution in [3.63, 3.8) is 0 Å². The van der Waals surface area contributed by atoms with Gasteiger partial charge in [0, 0.05) is 42.4 Å². The lowest BCUT2D eigenvalue weighted by atomic mass is 9.87. The van der Waals surface area contributed by atoms with E-state index < -0.39 is 0 Å². The third-order valence-electron chi connectivity index (χ3n) is 4.69. The van der Waals surface area contributed by atoms with E-state index in [1.165, 1.54) is 43.6 Å². The first kappa shape index (κ1) is 11.9. The molecule has 4 aliphatic rings. The predicted octanol–water partition coefficient (Wildman–Crippen LogP) is 2.47. The van der Waals surface area contributed by atoms with Gasteiger partial charge in [0.1, 0.15) is 5.84 Å². The van der Waals surface area contributed by atoms with E-state index in [4.69, 9.17) is 4.99 Å². The molecule has 4 rings (SSSR count). The number of amidine groups is 1. The number of aliphatic imine (C=N–C) groups is 1. The third kappa shape index (κ3) is 1.82. The van der Waals surface area contributed by atoms with E-state index in [0.717, 1.165) is 24.2 Å². The highest BCUT2D eigenvalue weighted by molar-refractivity contribution is 5.94. The number of carbonyl (C=O) groups is 1. The second kappa shape index (κ2) is 4.62. The molecule has 0 aromatic rings. The van der Waals surface area contributed by atoms with Crippen molar-refractivity contribution in [3.05, 3.63) is 35.3 Å². The number of nitrogens with zero attached hydrogens (tertiary/aromatic N) is 2. The molecule has 1 fully saturated rings. The van der Waals surface area contributed by atoms with Gasteiger partial charge < -0.3 is 10.2 Å². The van der Waals surface area contributed by atoms with Gasteiger partial charge in [0.2, 0.25) is 5.91 Å². The Morgan fingerprint density at radius 1 is 1.20 bits per heavy atom. The van der Waals surface area contributed by atoms with E-state index in [1.54, 1.807) is 6.08 Å². The number of amides is 1. The summed E-state index contributed by atoms with van der Waals surface area (Å²) in [6.45, 7) is 0.950. The maximum absolute atomic E-state index is 11.7. The van der Waals surface area contributed by atoms with Crippen LogP contribution in [0, 0.1) is 5.92 Å². The van der Waals surface area contributed by atoms with Crippen LogP contribution in [0.25, 0.3) is 0 Å². The molecule has 1 N–H and O–H groups in total. The molecule has 1 saturated carbocycles. The van der Waals surface area contributed by atoms with Gasteiger partial charge in [0.15, 0.2) is 0 Å². The third-order valence-corrected chi connectivity index (χ3v) is 4.69. The van der Waals surface area contributed by atoms with Crippen LogP contribution in [0.1, 0.15) is 38.5 Å². The highest BCUT2D eigenvalue weighted by atomic mass is 16.1. The van der Waals surface area contributed by atoms with Crippen molar-refractivity contribution in [2.24, 2.45) is 10.9 Å². The fraction of sp³-hybridized carbons (Fsp3) is 0.500. The molecule has 1 aliphatic carbocycles. The number of allylic oxidation sites excluding steroid dienone is 1. The lowest BCUT2D eigenvalue weighted by Gasteiger charge is -2.33. The first-order chi connectivity index (χ1) is 9.83. The zero-order valence-electron chi connectivity index (χ0n) is 11.6. The standard InChI is InChI=1S/C16H19N3O/c20-14-7-6-12-10-17-16(11-4-2-1-3-5-11)19-9-8-13(18-14)15(12)19/h6-7,10-11H,1-5,8-9H2,(H,18,20). The van der Waals surface area contributed by atoms with Crippen molar-refractivity contribution in [2.75, 3.05) is 6.54 Å². The van der Waals surface area contributed by atoms with Crippen molar-refractivity contribution < 1.29 is 4.79 Å². The minimum atomic E-state index is -0.0242. The average molecular weight is 269 g/mol. The molecule has 20 heavy (non-hydrogen) atoms. The predicted molar refractivity (Wildman–Crippen MR) is 77.7 cm³/mol. The maximum atomic E-state index is 11.7. The van der Waals surface area contributed by atoms with Crippen LogP contribution in [0.3, 0.4) is 0 Å². The second-order valence-electron chi connectivity index (χ2n) is 5.96. The van der Waals surface area contributed by atoms with E-state index in [9.17, 15) is 4.79 Å². The number of rotatable bonds is 1. The van der Waals surface area contributed by atoms with Crippen molar-refractivity contribution in [2.45, 2.75) is 38.5 Å². The van der Waals surface area contributed by atoms with Crippen molar-refractivity contribution >= 4 is 11.7 Å². The lowest BCUT2D eigenvalue weighted by Crippen LogP contribution is -2.37. The molecule has 0 radical (unpaired) electrons. The maximum Gasteiger partial charge on any atom is 0.248 e. The first-order valence-corrected chi connectivity index (χ1v) is 7.61. The molecule has 1 amide bonds. The van der Waals surface area contributed by atoms with Gasteiger partial charge in [-0.1, -0.05) is 19.3 Å². The zero-order valence-corrected chi connectivity index (χ0v) is 11.6. The summed E-state index contributed by atoms with van der Waals surface area (Å²) in [6, 6.07) is 0. The summed E-state index contributed by atoms with van der Waals surface area (Å²) in [7, 11) is 0. The minimum absolute atomic E-state index is 0.0242. The van der Waals surface area contributed by atoms with Gasteiger partial charge in [0.25, 0.3) is 0 Å². The Morgan fingerprint density at radius 2 is 2.05 bits per heavy atom. The molecular weight excluding hydrogens is 250 g/mol. The lowest BCUT2D eigenvalue weighted by molar-refractivity contribution is -0.115. The molecule has 0 aromatic carbocycles. The fourth-order valence-electron chi connectivity index (χ4n) is 3.73. The SMILES string of the molecule is O=C1C=CC2=CN=C(C3CCCCC3)N3CCC(=C23)N1. The summed E-state index contributed by atoms with van der Waals surface area (Å²) < 4.78 is 0.